The highest BCUT2D eigenvalue weighted by Gasteiger charge is 2.08. The lowest BCUT2D eigenvalue weighted by molar-refractivity contribution is 0.213. The average molecular weight is 290 g/mol. The Kier molecular flexibility index (Phi) is 5.74. The number of amidine groups is 1. The topological polar surface area (TPSA) is 80.2 Å². The summed E-state index contributed by atoms with van der Waals surface area (Å²) in [5.74, 6) is 0.124. The number of oxime groups is 2. The second-order valence-corrected chi connectivity index (χ2v) is 4.26. The van der Waals surface area contributed by atoms with Crippen LogP contribution in [-0.4, -0.2) is 23.9 Å². The summed E-state index contributed by atoms with van der Waals surface area (Å²) in [7, 11) is 1.45. The number of hydrogen-bond acceptors (Lipinski definition) is 4. The average Bonchev–Trinajstić information content (AvgIpc) is 2.37. The molecule has 1 aromatic carbocycles. The fourth-order valence-electron chi connectivity index (χ4n) is 1.32. The van der Waals surface area contributed by atoms with Crippen LogP contribution in [0.2, 0.25) is 10.0 Å². The third-order valence-corrected chi connectivity index (χ3v) is 2.94. The SMILES string of the molecule is CO/N=C(/CC/C(N)=N/O)c1ccc(Cl)c(Cl)c1. The molecule has 0 aliphatic heterocycles. The Hall–Kier alpha value is -1.46. The summed E-state index contributed by atoms with van der Waals surface area (Å²) in [6.07, 6.45) is 0.820. The van der Waals surface area contributed by atoms with Crippen LogP contribution in [0.4, 0.5) is 0 Å². The van der Waals surface area contributed by atoms with E-state index in [9.17, 15) is 0 Å². The molecule has 0 heterocycles. The zero-order chi connectivity index (χ0) is 13.5. The van der Waals surface area contributed by atoms with Crippen LogP contribution in [0.5, 0.6) is 0 Å². The zero-order valence-electron chi connectivity index (χ0n) is 9.73. The van der Waals surface area contributed by atoms with Crippen molar-refractivity contribution in [2.45, 2.75) is 12.8 Å². The molecule has 0 aliphatic carbocycles. The number of halogens is 2. The van der Waals surface area contributed by atoms with E-state index in [1.165, 1.54) is 7.11 Å². The Morgan fingerprint density at radius 1 is 1.33 bits per heavy atom. The lowest BCUT2D eigenvalue weighted by atomic mass is 10.1. The summed E-state index contributed by atoms with van der Waals surface area (Å²) in [4.78, 5) is 4.76. The molecule has 1 rings (SSSR count). The fraction of sp³-hybridized carbons (Fsp3) is 0.273. The Morgan fingerprint density at radius 2 is 2.06 bits per heavy atom. The van der Waals surface area contributed by atoms with E-state index in [2.05, 4.69) is 10.3 Å². The number of hydrogen-bond donors (Lipinski definition) is 2. The van der Waals surface area contributed by atoms with Crippen LogP contribution in [0.3, 0.4) is 0 Å². The molecule has 7 heteroatoms. The first-order chi connectivity index (χ1) is 8.58. The van der Waals surface area contributed by atoms with Gasteiger partial charge in [0, 0.05) is 18.4 Å². The molecule has 98 valence electrons. The van der Waals surface area contributed by atoms with Crippen molar-refractivity contribution in [3.8, 4) is 0 Å². The van der Waals surface area contributed by atoms with Crippen LogP contribution in [0.15, 0.2) is 28.5 Å². The maximum atomic E-state index is 8.48. The van der Waals surface area contributed by atoms with Crippen molar-refractivity contribution in [3.05, 3.63) is 33.8 Å². The standard InChI is InChI=1S/C11H13Cl2N3O2/c1-18-16-10(4-5-11(14)15-17)7-2-3-8(12)9(13)6-7/h2-3,6,17H,4-5H2,1H3,(H2,14,15)/b16-10-. The molecule has 5 nitrogen and oxygen atoms in total. The van der Waals surface area contributed by atoms with Crippen molar-refractivity contribution in [2.24, 2.45) is 16.0 Å². The minimum absolute atomic E-state index is 0.124. The molecular formula is C11H13Cl2N3O2. The molecule has 0 spiro atoms. The Labute approximate surface area is 115 Å². The van der Waals surface area contributed by atoms with Gasteiger partial charge in [-0.15, -0.1) is 0 Å². The maximum absolute atomic E-state index is 8.48. The largest absolute Gasteiger partial charge is 0.409 e. The molecule has 0 fully saturated rings. The molecule has 0 amide bonds. The quantitative estimate of drug-likeness (QED) is 0.379. The second-order valence-electron chi connectivity index (χ2n) is 3.44. The maximum Gasteiger partial charge on any atom is 0.139 e. The van der Waals surface area contributed by atoms with Gasteiger partial charge in [0.15, 0.2) is 0 Å². The van der Waals surface area contributed by atoms with E-state index in [0.29, 0.717) is 28.6 Å². The third kappa shape index (κ3) is 4.09. The molecule has 0 unspecified atom stereocenters. The van der Waals surface area contributed by atoms with Crippen LogP contribution in [0.1, 0.15) is 18.4 Å². The molecular weight excluding hydrogens is 277 g/mol. The van der Waals surface area contributed by atoms with Crippen molar-refractivity contribution >= 4 is 34.7 Å². The van der Waals surface area contributed by atoms with Crippen LogP contribution >= 0.6 is 23.2 Å². The Bertz CT molecular complexity index is 475. The van der Waals surface area contributed by atoms with Crippen LogP contribution in [-0.2, 0) is 4.84 Å². The van der Waals surface area contributed by atoms with E-state index in [4.69, 9.17) is 39.0 Å². The molecule has 0 aliphatic rings. The molecule has 18 heavy (non-hydrogen) atoms. The van der Waals surface area contributed by atoms with Gasteiger partial charge in [0.1, 0.15) is 12.9 Å². The fourth-order valence-corrected chi connectivity index (χ4v) is 1.62. The van der Waals surface area contributed by atoms with E-state index in [-0.39, 0.29) is 5.84 Å². The summed E-state index contributed by atoms with van der Waals surface area (Å²) in [6, 6.07) is 5.14. The smallest absolute Gasteiger partial charge is 0.139 e. The zero-order valence-corrected chi connectivity index (χ0v) is 11.2. The van der Waals surface area contributed by atoms with Crippen LogP contribution in [0.25, 0.3) is 0 Å². The summed E-state index contributed by atoms with van der Waals surface area (Å²) >= 11 is 11.8. The van der Waals surface area contributed by atoms with Crippen molar-refractivity contribution < 1.29 is 10.0 Å². The van der Waals surface area contributed by atoms with Crippen LogP contribution in [0, 0.1) is 0 Å². The summed E-state index contributed by atoms with van der Waals surface area (Å²) < 4.78 is 0. The van der Waals surface area contributed by atoms with Gasteiger partial charge in [-0.1, -0.05) is 39.6 Å². The number of benzene rings is 1. The number of rotatable bonds is 5. The van der Waals surface area contributed by atoms with Gasteiger partial charge in [-0.25, -0.2) is 0 Å². The summed E-state index contributed by atoms with van der Waals surface area (Å²) in [5.41, 5.74) is 6.82. The molecule has 1 aromatic rings. The van der Waals surface area contributed by atoms with Crippen molar-refractivity contribution in [1.29, 1.82) is 0 Å². The van der Waals surface area contributed by atoms with E-state index in [1.807, 2.05) is 0 Å². The lowest BCUT2D eigenvalue weighted by Gasteiger charge is -2.06. The monoisotopic (exact) mass is 289 g/mol. The predicted octanol–water partition coefficient (Wildman–Crippen LogP) is 2.87. The third-order valence-electron chi connectivity index (χ3n) is 2.20. The van der Waals surface area contributed by atoms with Gasteiger partial charge in [-0.2, -0.15) is 0 Å². The lowest BCUT2D eigenvalue weighted by Crippen LogP contribution is -2.14. The van der Waals surface area contributed by atoms with Crippen LogP contribution < -0.4 is 5.73 Å². The van der Waals surface area contributed by atoms with E-state index in [1.54, 1.807) is 18.2 Å². The Balaban J connectivity index is 2.91. The van der Waals surface area contributed by atoms with Crippen molar-refractivity contribution in [1.82, 2.24) is 0 Å². The Morgan fingerprint density at radius 3 is 2.61 bits per heavy atom. The van der Waals surface area contributed by atoms with Crippen molar-refractivity contribution in [3.63, 3.8) is 0 Å². The molecule has 3 N–H and O–H groups in total. The minimum atomic E-state index is 0.124. The van der Waals surface area contributed by atoms with Gasteiger partial charge in [-0.3, -0.25) is 0 Å². The predicted molar refractivity (Wildman–Crippen MR) is 72.7 cm³/mol. The van der Waals surface area contributed by atoms with E-state index >= 15 is 0 Å². The van der Waals surface area contributed by atoms with E-state index < -0.39 is 0 Å². The molecule has 0 atom stereocenters. The first-order valence-corrected chi connectivity index (χ1v) is 5.86. The normalized spacial score (nSPS) is 12.6. The number of nitrogens with two attached hydrogens (primary N) is 1. The first kappa shape index (κ1) is 14.6. The molecule has 0 aromatic heterocycles. The second kappa shape index (κ2) is 7.08. The van der Waals surface area contributed by atoms with Gasteiger partial charge in [0.25, 0.3) is 0 Å². The van der Waals surface area contributed by atoms with Gasteiger partial charge < -0.3 is 15.8 Å². The number of nitrogens with zero attached hydrogens (tertiary/aromatic N) is 2. The van der Waals surface area contributed by atoms with Gasteiger partial charge in [0.2, 0.25) is 0 Å². The van der Waals surface area contributed by atoms with Gasteiger partial charge in [-0.05, 0) is 12.1 Å². The van der Waals surface area contributed by atoms with Crippen molar-refractivity contribution in [2.75, 3.05) is 7.11 Å². The molecule has 0 bridgehead atoms. The highest BCUT2D eigenvalue weighted by molar-refractivity contribution is 6.42. The molecule has 0 saturated carbocycles. The minimum Gasteiger partial charge on any atom is -0.409 e. The van der Waals surface area contributed by atoms with Gasteiger partial charge in [0.05, 0.1) is 15.8 Å². The van der Waals surface area contributed by atoms with Gasteiger partial charge >= 0.3 is 0 Å². The first-order valence-electron chi connectivity index (χ1n) is 5.10. The molecule has 0 radical (unpaired) electrons. The summed E-state index contributed by atoms with van der Waals surface area (Å²) in [6.45, 7) is 0. The van der Waals surface area contributed by atoms with E-state index in [0.717, 1.165) is 5.56 Å². The summed E-state index contributed by atoms with van der Waals surface area (Å²) in [5, 5.41) is 16.2. The highest BCUT2D eigenvalue weighted by atomic mass is 35.5. The molecule has 0 saturated heterocycles. The highest BCUT2D eigenvalue weighted by Crippen LogP contribution is 2.23.